The Kier molecular flexibility index (Phi) is 8.10. The van der Waals surface area contributed by atoms with Crippen molar-refractivity contribution in [2.45, 2.75) is 18.7 Å². The molecule has 1 aliphatic rings. The van der Waals surface area contributed by atoms with E-state index >= 15 is 0 Å². The second-order valence-corrected chi connectivity index (χ2v) is 11.1. The Morgan fingerprint density at radius 3 is 2.41 bits per heavy atom. The van der Waals surface area contributed by atoms with Crippen LogP contribution in [0.3, 0.4) is 0 Å². The Balaban J connectivity index is 1.39. The standard InChI is InChI=1S/C25H28N4O6S2/c1-4-35-25(31)28-11-13-29(14-12-28)37(32,33)20-8-5-18(6-9-20)23(30)27-24-26-21(16-36-24)19-7-10-22(34-3)17(2)15-19/h5-10,15-16H,4,11-14H2,1-3H3,(H,26,27,30). The van der Waals surface area contributed by atoms with Gasteiger partial charge in [0.2, 0.25) is 10.0 Å². The number of anilines is 1. The molecule has 196 valence electrons. The van der Waals surface area contributed by atoms with Crippen LogP contribution in [-0.4, -0.2) is 74.5 Å². The lowest BCUT2D eigenvalue weighted by atomic mass is 10.1. The number of thiazole rings is 1. The number of ether oxygens (including phenoxy) is 2. The molecule has 4 rings (SSSR count). The lowest BCUT2D eigenvalue weighted by Gasteiger charge is -2.33. The van der Waals surface area contributed by atoms with Crippen molar-refractivity contribution in [3.05, 3.63) is 59.0 Å². The van der Waals surface area contributed by atoms with E-state index in [0.717, 1.165) is 22.6 Å². The van der Waals surface area contributed by atoms with Crippen LogP contribution in [0.15, 0.2) is 52.7 Å². The topological polar surface area (TPSA) is 118 Å². The molecule has 0 unspecified atom stereocenters. The number of hydrogen-bond donors (Lipinski definition) is 1. The van der Waals surface area contributed by atoms with Gasteiger partial charge in [0, 0.05) is 42.7 Å². The molecule has 0 aliphatic carbocycles. The van der Waals surface area contributed by atoms with E-state index in [9.17, 15) is 18.0 Å². The van der Waals surface area contributed by atoms with E-state index in [1.165, 1.54) is 44.8 Å². The first-order valence-electron chi connectivity index (χ1n) is 11.7. The molecule has 1 N–H and O–H groups in total. The SMILES string of the molecule is CCOC(=O)N1CCN(S(=O)(=O)c2ccc(C(=O)Nc3nc(-c4ccc(OC)c(C)c4)cs3)cc2)CC1. The fourth-order valence-electron chi connectivity index (χ4n) is 3.92. The number of piperazine rings is 1. The summed E-state index contributed by atoms with van der Waals surface area (Å²) in [5, 5.41) is 5.06. The molecule has 10 nitrogen and oxygen atoms in total. The zero-order valence-corrected chi connectivity index (χ0v) is 22.4. The first-order chi connectivity index (χ1) is 17.7. The summed E-state index contributed by atoms with van der Waals surface area (Å²) in [5.74, 6) is 0.399. The molecule has 1 aliphatic heterocycles. The Labute approximate surface area is 219 Å². The first kappa shape index (κ1) is 26.6. The summed E-state index contributed by atoms with van der Waals surface area (Å²) >= 11 is 1.30. The molecular weight excluding hydrogens is 516 g/mol. The maximum atomic E-state index is 13.0. The molecule has 0 atom stereocenters. The summed E-state index contributed by atoms with van der Waals surface area (Å²) in [4.78, 5) is 30.7. The number of methoxy groups -OCH3 is 1. The molecule has 0 bridgehead atoms. The van der Waals surface area contributed by atoms with Crippen LogP contribution in [0.5, 0.6) is 5.75 Å². The van der Waals surface area contributed by atoms with Crippen molar-refractivity contribution in [3.63, 3.8) is 0 Å². The summed E-state index contributed by atoms with van der Waals surface area (Å²) < 4.78 is 37.7. The fourth-order valence-corrected chi connectivity index (χ4v) is 6.06. The Hall–Kier alpha value is -3.48. The zero-order valence-electron chi connectivity index (χ0n) is 20.8. The highest BCUT2D eigenvalue weighted by molar-refractivity contribution is 7.89. The summed E-state index contributed by atoms with van der Waals surface area (Å²) in [6, 6.07) is 11.5. The minimum absolute atomic E-state index is 0.0834. The minimum Gasteiger partial charge on any atom is -0.496 e. The van der Waals surface area contributed by atoms with Crippen LogP contribution in [0, 0.1) is 6.92 Å². The Morgan fingerprint density at radius 2 is 1.78 bits per heavy atom. The normalized spacial score (nSPS) is 14.3. The van der Waals surface area contributed by atoms with Crippen LogP contribution in [0.4, 0.5) is 9.93 Å². The molecule has 0 radical (unpaired) electrons. The van der Waals surface area contributed by atoms with Gasteiger partial charge in [0.05, 0.1) is 24.3 Å². The predicted molar refractivity (Wildman–Crippen MR) is 141 cm³/mol. The van der Waals surface area contributed by atoms with Gasteiger partial charge in [-0.05, 0) is 61.9 Å². The van der Waals surface area contributed by atoms with Crippen molar-refractivity contribution in [2.75, 3.05) is 45.2 Å². The number of benzene rings is 2. The monoisotopic (exact) mass is 544 g/mol. The average molecular weight is 545 g/mol. The van der Waals surface area contributed by atoms with Crippen molar-refractivity contribution in [1.29, 1.82) is 0 Å². The van der Waals surface area contributed by atoms with E-state index in [0.29, 0.717) is 10.7 Å². The number of carbonyl (C=O) groups is 2. The van der Waals surface area contributed by atoms with E-state index in [4.69, 9.17) is 9.47 Å². The average Bonchev–Trinajstić information content (AvgIpc) is 3.37. The third-order valence-electron chi connectivity index (χ3n) is 5.93. The van der Waals surface area contributed by atoms with E-state index in [2.05, 4.69) is 10.3 Å². The van der Waals surface area contributed by atoms with Gasteiger partial charge in [-0.3, -0.25) is 10.1 Å². The first-order valence-corrected chi connectivity index (χ1v) is 14.0. The summed E-state index contributed by atoms with van der Waals surface area (Å²) in [7, 11) is -2.14. The number of amides is 2. The van der Waals surface area contributed by atoms with Crippen LogP contribution >= 0.6 is 11.3 Å². The van der Waals surface area contributed by atoms with Gasteiger partial charge >= 0.3 is 6.09 Å². The number of hydrogen-bond acceptors (Lipinski definition) is 8. The second kappa shape index (κ2) is 11.3. The van der Waals surface area contributed by atoms with Crippen molar-refractivity contribution >= 4 is 38.5 Å². The van der Waals surface area contributed by atoms with Crippen molar-refractivity contribution in [1.82, 2.24) is 14.2 Å². The van der Waals surface area contributed by atoms with E-state index in [1.54, 1.807) is 14.0 Å². The number of sulfonamides is 1. The van der Waals surface area contributed by atoms with Crippen LogP contribution in [-0.2, 0) is 14.8 Å². The molecule has 3 aromatic rings. The third kappa shape index (κ3) is 5.92. The van der Waals surface area contributed by atoms with Crippen LogP contribution in [0.2, 0.25) is 0 Å². The van der Waals surface area contributed by atoms with Gasteiger partial charge in [-0.1, -0.05) is 0 Å². The lowest BCUT2D eigenvalue weighted by molar-refractivity contribution is 0.0933. The largest absolute Gasteiger partial charge is 0.496 e. The summed E-state index contributed by atoms with van der Waals surface area (Å²) in [5.41, 5.74) is 2.93. The number of aryl methyl sites for hydroxylation is 1. The Bertz CT molecular complexity index is 1380. The van der Waals surface area contributed by atoms with Crippen LogP contribution in [0.1, 0.15) is 22.8 Å². The van der Waals surface area contributed by atoms with Gasteiger partial charge in [-0.15, -0.1) is 11.3 Å². The zero-order chi connectivity index (χ0) is 26.6. The Morgan fingerprint density at radius 1 is 1.08 bits per heavy atom. The minimum atomic E-state index is -3.76. The maximum absolute atomic E-state index is 13.0. The smallest absolute Gasteiger partial charge is 0.409 e. The summed E-state index contributed by atoms with van der Waals surface area (Å²) in [6.45, 7) is 4.79. The quantitative estimate of drug-likeness (QED) is 0.480. The molecule has 2 heterocycles. The predicted octanol–water partition coefficient (Wildman–Crippen LogP) is 3.84. The van der Waals surface area contributed by atoms with E-state index in [1.807, 2.05) is 30.5 Å². The lowest BCUT2D eigenvalue weighted by Crippen LogP contribution is -2.50. The van der Waals surface area contributed by atoms with Gasteiger partial charge in [-0.25, -0.2) is 18.2 Å². The molecule has 1 aromatic heterocycles. The number of carbonyl (C=O) groups excluding carboxylic acids is 2. The highest BCUT2D eigenvalue weighted by Gasteiger charge is 2.30. The van der Waals surface area contributed by atoms with Gasteiger partial charge in [0.1, 0.15) is 5.75 Å². The molecule has 0 saturated carbocycles. The second-order valence-electron chi connectivity index (χ2n) is 8.29. The molecule has 0 spiro atoms. The molecule has 2 aromatic carbocycles. The van der Waals surface area contributed by atoms with Crippen LogP contribution < -0.4 is 10.1 Å². The third-order valence-corrected chi connectivity index (χ3v) is 8.60. The maximum Gasteiger partial charge on any atom is 0.409 e. The number of nitrogens with one attached hydrogen (secondary N) is 1. The van der Waals surface area contributed by atoms with Gasteiger partial charge in [-0.2, -0.15) is 4.31 Å². The molecule has 37 heavy (non-hydrogen) atoms. The highest BCUT2D eigenvalue weighted by atomic mass is 32.2. The summed E-state index contributed by atoms with van der Waals surface area (Å²) in [6.07, 6.45) is -0.443. The number of rotatable bonds is 7. The number of nitrogens with zero attached hydrogens (tertiary/aromatic N) is 3. The highest BCUT2D eigenvalue weighted by Crippen LogP contribution is 2.29. The molecule has 1 fully saturated rings. The van der Waals surface area contributed by atoms with Crippen molar-refractivity contribution < 1.29 is 27.5 Å². The fraction of sp³-hybridized carbons (Fsp3) is 0.320. The van der Waals surface area contributed by atoms with Gasteiger partial charge < -0.3 is 14.4 Å². The molecular formula is C25H28N4O6S2. The molecule has 12 heteroatoms. The molecule has 2 amide bonds. The van der Waals surface area contributed by atoms with Gasteiger partial charge in [0.25, 0.3) is 5.91 Å². The van der Waals surface area contributed by atoms with Crippen molar-refractivity contribution in [2.24, 2.45) is 0 Å². The van der Waals surface area contributed by atoms with Crippen LogP contribution in [0.25, 0.3) is 11.3 Å². The number of aromatic nitrogens is 1. The van der Waals surface area contributed by atoms with Gasteiger partial charge in [0.15, 0.2) is 5.13 Å². The van der Waals surface area contributed by atoms with E-state index < -0.39 is 16.1 Å². The van der Waals surface area contributed by atoms with E-state index in [-0.39, 0.29) is 43.6 Å². The van der Waals surface area contributed by atoms with Crippen molar-refractivity contribution in [3.8, 4) is 17.0 Å². The molecule has 1 saturated heterocycles.